The lowest BCUT2D eigenvalue weighted by atomic mass is 9.92. The van der Waals surface area contributed by atoms with Gasteiger partial charge in [-0.2, -0.15) is 0 Å². The van der Waals surface area contributed by atoms with Crippen LogP contribution in [0.25, 0.3) is 0 Å². The second-order valence-electron chi connectivity index (χ2n) is 5.31. The molecule has 104 valence electrons. The summed E-state index contributed by atoms with van der Waals surface area (Å²) in [5.74, 6) is 0.679. The van der Waals surface area contributed by atoms with Crippen LogP contribution in [0.1, 0.15) is 25.3 Å². The minimum Gasteiger partial charge on any atom is -0.497 e. The highest BCUT2D eigenvalue weighted by Crippen LogP contribution is 2.24. The molecule has 1 saturated heterocycles. The Bertz CT molecular complexity index is 448. The number of primary amides is 1. The highest BCUT2D eigenvalue weighted by molar-refractivity contribution is 5.76. The number of carbonyl (C=O) groups excluding carboxylic acids is 1. The number of nitrogens with two attached hydrogens (primary N) is 1. The zero-order valence-corrected chi connectivity index (χ0v) is 11.6. The third-order valence-corrected chi connectivity index (χ3v) is 3.93. The predicted molar refractivity (Wildman–Crippen MR) is 74.8 cm³/mol. The number of benzene rings is 1. The van der Waals surface area contributed by atoms with Crippen molar-refractivity contribution in [1.29, 1.82) is 0 Å². The van der Waals surface area contributed by atoms with Gasteiger partial charge < -0.3 is 10.5 Å². The van der Waals surface area contributed by atoms with Crippen LogP contribution in [-0.2, 0) is 11.3 Å². The lowest BCUT2D eigenvalue weighted by Crippen LogP contribution is -2.45. The van der Waals surface area contributed by atoms with Crippen molar-refractivity contribution >= 4 is 5.91 Å². The normalized spacial score (nSPS) is 24.1. The summed E-state index contributed by atoms with van der Waals surface area (Å²) in [4.78, 5) is 13.7. The first-order valence-corrected chi connectivity index (χ1v) is 6.76. The highest BCUT2D eigenvalue weighted by Gasteiger charge is 2.28. The number of carbonyl (C=O) groups is 1. The summed E-state index contributed by atoms with van der Waals surface area (Å²) in [5, 5.41) is 0. The van der Waals surface area contributed by atoms with Crippen molar-refractivity contribution in [3.05, 3.63) is 29.8 Å². The summed E-state index contributed by atoms with van der Waals surface area (Å²) in [7, 11) is 1.67. The zero-order chi connectivity index (χ0) is 13.8. The maximum atomic E-state index is 11.3. The van der Waals surface area contributed by atoms with Gasteiger partial charge in [-0.25, -0.2) is 0 Å². The summed E-state index contributed by atoms with van der Waals surface area (Å²) in [6.45, 7) is 3.80. The van der Waals surface area contributed by atoms with Gasteiger partial charge in [0.2, 0.25) is 5.91 Å². The van der Waals surface area contributed by atoms with Crippen LogP contribution in [0.5, 0.6) is 5.75 Å². The first kappa shape index (κ1) is 13.9. The van der Waals surface area contributed by atoms with Crippen LogP contribution in [0, 0.1) is 5.92 Å². The Morgan fingerprint density at radius 1 is 1.47 bits per heavy atom. The number of methoxy groups -OCH3 is 1. The SMILES string of the molecule is COc1cccc(CN2C[C@@H](C(N)=O)CC[C@@H]2C)c1. The number of hydrogen-bond donors (Lipinski definition) is 1. The lowest BCUT2D eigenvalue weighted by molar-refractivity contribution is -0.124. The van der Waals surface area contributed by atoms with E-state index >= 15 is 0 Å². The van der Waals surface area contributed by atoms with Gasteiger partial charge in [0.25, 0.3) is 0 Å². The molecule has 2 atom stereocenters. The quantitative estimate of drug-likeness (QED) is 0.900. The van der Waals surface area contributed by atoms with E-state index in [0.29, 0.717) is 6.04 Å². The van der Waals surface area contributed by atoms with Gasteiger partial charge in [0.05, 0.1) is 13.0 Å². The first-order valence-electron chi connectivity index (χ1n) is 6.76. The van der Waals surface area contributed by atoms with Gasteiger partial charge in [0.1, 0.15) is 5.75 Å². The lowest BCUT2D eigenvalue weighted by Gasteiger charge is -2.36. The number of hydrogen-bond acceptors (Lipinski definition) is 3. The Hall–Kier alpha value is -1.55. The molecule has 1 aromatic carbocycles. The van der Waals surface area contributed by atoms with Crippen LogP contribution in [0.3, 0.4) is 0 Å². The second kappa shape index (κ2) is 6.06. The van der Waals surface area contributed by atoms with Gasteiger partial charge in [-0.05, 0) is 37.5 Å². The van der Waals surface area contributed by atoms with Crippen molar-refractivity contribution in [3.63, 3.8) is 0 Å². The summed E-state index contributed by atoms with van der Waals surface area (Å²) in [5.41, 5.74) is 6.63. The van der Waals surface area contributed by atoms with Crippen LogP contribution < -0.4 is 10.5 Å². The van der Waals surface area contributed by atoms with Gasteiger partial charge >= 0.3 is 0 Å². The van der Waals surface area contributed by atoms with E-state index in [1.165, 1.54) is 5.56 Å². The molecule has 2 N–H and O–H groups in total. The van der Waals surface area contributed by atoms with Gasteiger partial charge in [-0.15, -0.1) is 0 Å². The molecule has 0 unspecified atom stereocenters. The average molecular weight is 262 g/mol. The van der Waals surface area contributed by atoms with Gasteiger partial charge in [0.15, 0.2) is 0 Å². The Labute approximate surface area is 114 Å². The summed E-state index contributed by atoms with van der Waals surface area (Å²) < 4.78 is 5.24. The number of nitrogens with zero attached hydrogens (tertiary/aromatic N) is 1. The number of likely N-dealkylation sites (tertiary alicyclic amines) is 1. The smallest absolute Gasteiger partial charge is 0.221 e. The van der Waals surface area contributed by atoms with Crippen LogP contribution in [-0.4, -0.2) is 30.5 Å². The predicted octanol–water partition coefficient (Wildman–Crippen LogP) is 1.78. The standard InChI is InChI=1S/C15H22N2O2/c1-11-6-7-13(15(16)18)10-17(11)9-12-4-3-5-14(8-12)19-2/h3-5,8,11,13H,6-7,9-10H2,1-2H3,(H2,16,18)/t11-,13-/m0/s1. The molecular formula is C15H22N2O2. The molecule has 0 aliphatic carbocycles. The van der Waals surface area contributed by atoms with Crippen molar-refractivity contribution in [3.8, 4) is 5.75 Å². The maximum Gasteiger partial charge on any atom is 0.221 e. The number of rotatable bonds is 4. The van der Waals surface area contributed by atoms with Gasteiger partial charge in [0, 0.05) is 19.1 Å². The molecule has 0 aromatic heterocycles. The molecule has 0 bridgehead atoms. The van der Waals surface area contributed by atoms with Crippen LogP contribution in [0.4, 0.5) is 0 Å². The highest BCUT2D eigenvalue weighted by atomic mass is 16.5. The van der Waals surface area contributed by atoms with Crippen LogP contribution in [0.15, 0.2) is 24.3 Å². The van der Waals surface area contributed by atoms with Crippen molar-refractivity contribution in [1.82, 2.24) is 4.90 Å². The zero-order valence-electron chi connectivity index (χ0n) is 11.6. The Morgan fingerprint density at radius 2 is 2.26 bits per heavy atom. The van der Waals surface area contributed by atoms with E-state index in [1.54, 1.807) is 7.11 Å². The largest absolute Gasteiger partial charge is 0.497 e. The Morgan fingerprint density at radius 3 is 2.95 bits per heavy atom. The topological polar surface area (TPSA) is 55.6 Å². The number of piperidine rings is 1. The molecule has 4 nitrogen and oxygen atoms in total. The Balaban J connectivity index is 2.05. The van der Waals surface area contributed by atoms with E-state index in [2.05, 4.69) is 17.9 Å². The molecule has 1 aliphatic rings. The monoisotopic (exact) mass is 262 g/mol. The maximum absolute atomic E-state index is 11.3. The van der Waals surface area contributed by atoms with Crippen molar-refractivity contribution in [2.75, 3.05) is 13.7 Å². The van der Waals surface area contributed by atoms with E-state index in [-0.39, 0.29) is 11.8 Å². The van der Waals surface area contributed by atoms with Gasteiger partial charge in [-0.1, -0.05) is 12.1 Å². The average Bonchev–Trinajstić information content (AvgIpc) is 2.41. The molecule has 1 amide bonds. The number of amides is 1. The molecule has 2 rings (SSSR count). The fourth-order valence-electron chi connectivity index (χ4n) is 2.64. The minimum atomic E-state index is -0.178. The van der Waals surface area contributed by atoms with Gasteiger partial charge in [-0.3, -0.25) is 9.69 Å². The van der Waals surface area contributed by atoms with E-state index in [4.69, 9.17) is 10.5 Å². The molecule has 19 heavy (non-hydrogen) atoms. The third-order valence-electron chi connectivity index (χ3n) is 3.93. The second-order valence-corrected chi connectivity index (χ2v) is 5.31. The van der Waals surface area contributed by atoms with E-state index < -0.39 is 0 Å². The molecule has 1 aliphatic heterocycles. The molecule has 1 heterocycles. The molecule has 1 aromatic rings. The molecular weight excluding hydrogens is 240 g/mol. The molecule has 0 spiro atoms. The number of ether oxygens (including phenoxy) is 1. The first-order chi connectivity index (χ1) is 9.10. The third kappa shape index (κ3) is 3.47. The Kier molecular flexibility index (Phi) is 4.43. The molecule has 1 fully saturated rings. The summed E-state index contributed by atoms with van der Waals surface area (Å²) >= 11 is 0. The van der Waals surface area contributed by atoms with E-state index in [1.807, 2.05) is 18.2 Å². The summed E-state index contributed by atoms with van der Waals surface area (Å²) in [6, 6.07) is 8.55. The van der Waals surface area contributed by atoms with E-state index in [0.717, 1.165) is 31.7 Å². The summed E-state index contributed by atoms with van der Waals surface area (Å²) in [6.07, 6.45) is 1.93. The molecule has 4 heteroatoms. The van der Waals surface area contributed by atoms with E-state index in [9.17, 15) is 4.79 Å². The van der Waals surface area contributed by atoms with Crippen molar-refractivity contribution < 1.29 is 9.53 Å². The van der Waals surface area contributed by atoms with Crippen LogP contribution in [0.2, 0.25) is 0 Å². The minimum absolute atomic E-state index is 0.0122. The van der Waals surface area contributed by atoms with Crippen LogP contribution >= 0.6 is 0 Å². The van der Waals surface area contributed by atoms with Crippen molar-refractivity contribution in [2.45, 2.75) is 32.4 Å². The fraction of sp³-hybridized carbons (Fsp3) is 0.533. The molecule has 0 radical (unpaired) electrons. The van der Waals surface area contributed by atoms with Crippen molar-refractivity contribution in [2.24, 2.45) is 11.7 Å². The molecule has 0 saturated carbocycles. The fourth-order valence-corrected chi connectivity index (χ4v) is 2.64.